The molecule has 0 atom stereocenters. The maximum Gasteiger partial charge on any atom is 0.0482 e. The summed E-state index contributed by atoms with van der Waals surface area (Å²) >= 11 is 0. The topological polar surface area (TPSA) is 17.0 Å². The number of unbranched alkanes of at least 4 members (excludes halogenated alkanes) is 1. The van der Waals surface area contributed by atoms with Gasteiger partial charge >= 0.3 is 0 Å². The van der Waals surface area contributed by atoms with E-state index in [2.05, 4.69) is 61.1 Å². The number of aryl methyl sites for hydroxylation is 2. The van der Waals surface area contributed by atoms with Crippen LogP contribution in [-0.4, -0.2) is 17.2 Å². The molecular weight excluding hydrogens is 220 g/mol. The molecule has 0 saturated carbocycles. The Kier molecular flexibility index (Phi) is 4.43. The van der Waals surface area contributed by atoms with Gasteiger partial charge in [0, 0.05) is 29.7 Å². The van der Waals surface area contributed by atoms with Gasteiger partial charge in [-0.1, -0.05) is 26.0 Å². The lowest BCUT2D eigenvalue weighted by Crippen LogP contribution is -2.23. The summed E-state index contributed by atoms with van der Waals surface area (Å²) in [5.74, 6) is 0. The third-order valence-corrected chi connectivity index (χ3v) is 3.41. The Morgan fingerprint density at radius 3 is 2.78 bits per heavy atom. The first kappa shape index (κ1) is 13.2. The fourth-order valence-electron chi connectivity index (χ4n) is 2.37. The van der Waals surface area contributed by atoms with Gasteiger partial charge in [0.2, 0.25) is 0 Å². The van der Waals surface area contributed by atoms with Crippen molar-refractivity contribution in [1.82, 2.24) is 9.88 Å². The number of fused-ring (bicyclic) bond motifs is 1. The van der Waals surface area contributed by atoms with Crippen molar-refractivity contribution in [3.8, 4) is 0 Å². The number of benzene rings is 1. The molecule has 1 heterocycles. The van der Waals surface area contributed by atoms with E-state index in [-0.39, 0.29) is 0 Å². The fourth-order valence-corrected chi connectivity index (χ4v) is 2.37. The van der Waals surface area contributed by atoms with E-state index >= 15 is 0 Å². The largest absolute Gasteiger partial charge is 0.347 e. The van der Waals surface area contributed by atoms with E-state index in [1.807, 2.05) is 0 Å². The summed E-state index contributed by atoms with van der Waals surface area (Å²) in [6.07, 6.45) is 4.69. The molecule has 0 aliphatic rings. The highest BCUT2D eigenvalue weighted by molar-refractivity contribution is 5.83. The Balaban J connectivity index is 1.90. The average molecular weight is 244 g/mol. The van der Waals surface area contributed by atoms with Crippen LogP contribution in [-0.2, 0) is 6.54 Å². The van der Waals surface area contributed by atoms with Gasteiger partial charge < -0.3 is 9.88 Å². The number of aromatic nitrogens is 1. The van der Waals surface area contributed by atoms with Crippen molar-refractivity contribution in [1.29, 1.82) is 0 Å². The van der Waals surface area contributed by atoms with Gasteiger partial charge in [0.05, 0.1) is 0 Å². The van der Waals surface area contributed by atoms with Crippen LogP contribution < -0.4 is 5.32 Å². The second-order valence-electron chi connectivity index (χ2n) is 5.33. The first-order valence-electron chi connectivity index (χ1n) is 6.96. The van der Waals surface area contributed by atoms with Gasteiger partial charge in [0.25, 0.3) is 0 Å². The standard InChI is InChI=1S/C16H24N2/c1-13(2)17-10-4-5-11-18-12-9-15-14(3)7-6-8-16(15)18/h6-9,12-13,17H,4-5,10-11H2,1-3H3. The highest BCUT2D eigenvalue weighted by atomic mass is 15.0. The Hall–Kier alpha value is -1.28. The first-order chi connectivity index (χ1) is 8.68. The Morgan fingerprint density at radius 1 is 1.17 bits per heavy atom. The van der Waals surface area contributed by atoms with Crippen LogP contribution in [0.5, 0.6) is 0 Å². The number of rotatable bonds is 6. The molecule has 98 valence electrons. The monoisotopic (exact) mass is 244 g/mol. The minimum atomic E-state index is 0.597. The number of hydrogen-bond donors (Lipinski definition) is 1. The molecular formula is C16H24N2. The van der Waals surface area contributed by atoms with Gasteiger partial charge in [-0.15, -0.1) is 0 Å². The zero-order valence-corrected chi connectivity index (χ0v) is 11.7. The molecule has 0 spiro atoms. The predicted octanol–water partition coefficient (Wildman–Crippen LogP) is 3.73. The summed E-state index contributed by atoms with van der Waals surface area (Å²) in [5, 5.41) is 4.85. The van der Waals surface area contributed by atoms with Gasteiger partial charge in [-0.25, -0.2) is 0 Å². The lowest BCUT2D eigenvalue weighted by molar-refractivity contribution is 0.535. The molecule has 0 saturated heterocycles. The predicted molar refractivity (Wildman–Crippen MR) is 79.0 cm³/mol. The quantitative estimate of drug-likeness (QED) is 0.766. The average Bonchev–Trinajstić information content (AvgIpc) is 2.73. The Bertz CT molecular complexity index is 497. The van der Waals surface area contributed by atoms with Crippen LogP contribution in [0.25, 0.3) is 10.9 Å². The summed E-state index contributed by atoms with van der Waals surface area (Å²) in [5.41, 5.74) is 2.74. The zero-order valence-electron chi connectivity index (χ0n) is 11.7. The molecule has 2 aromatic rings. The van der Waals surface area contributed by atoms with Crippen LogP contribution in [0, 0.1) is 6.92 Å². The van der Waals surface area contributed by atoms with Gasteiger partial charge in [-0.2, -0.15) is 0 Å². The normalized spacial score (nSPS) is 11.6. The smallest absolute Gasteiger partial charge is 0.0482 e. The van der Waals surface area contributed by atoms with Gasteiger partial charge in [0.1, 0.15) is 0 Å². The second kappa shape index (κ2) is 6.05. The van der Waals surface area contributed by atoms with Gasteiger partial charge in [-0.3, -0.25) is 0 Å². The van der Waals surface area contributed by atoms with Crippen molar-refractivity contribution in [2.24, 2.45) is 0 Å². The van der Waals surface area contributed by atoms with Crippen molar-refractivity contribution in [2.75, 3.05) is 6.54 Å². The molecule has 2 rings (SSSR count). The molecule has 0 fully saturated rings. The maximum absolute atomic E-state index is 3.46. The van der Waals surface area contributed by atoms with Crippen LogP contribution >= 0.6 is 0 Å². The number of hydrogen-bond acceptors (Lipinski definition) is 1. The SMILES string of the molecule is Cc1cccc2c1ccn2CCCCNC(C)C. The molecule has 0 unspecified atom stereocenters. The van der Waals surface area contributed by atoms with Gasteiger partial charge in [0.15, 0.2) is 0 Å². The number of nitrogens with zero attached hydrogens (tertiary/aromatic N) is 1. The van der Waals surface area contributed by atoms with Crippen molar-refractivity contribution in [3.63, 3.8) is 0 Å². The highest BCUT2D eigenvalue weighted by Crippen LogP contribution is 2.19. The summed E-state index contributed by atoms with van der Waals surface area (Å²) in [6.45, 7) is 8.81. The van der Waals surface area contributed by atoms with E-state index in [0.29, 0.717) is 6.04 Å². The molecule has 2 nitrogen and oxygen atoms in total. The third-order valence-electron chi connectivity index (χ3n) is 3.41. The van der Waals surface area contributed by atoms with E-state index in [0.717, 1.165) is 13.1 Å². The summed E-state index contributed by atoms with van der Waals surface area (Å²) < 4.78 is 2.37. The maximum atomic E-state index is 3.46. The Labute approximate surface area is 110 Å². The highest BCUT2D eigenvalue weighted by Gasteiger charge is 2.02. The third kappa shape index (κ3) is 3.14. The van der Waals surface area contributed by atoms with Crippen LogP contribution in [0.15, 0.2) is 30.5 Å². The van der Waals surface area contributed by atoms with E-state index in [1.165, 1.54) is 29.3 Å². The van der Waals surface area contributed by atoms with Crippen molar-refractivity contribution >= 4 is 10.9 Å². The van der Waals surface area contributed by atoms with Crippen molar-refractivity contribution in [2.45, 2.75) is 46.2 Å². The molecule has 0 aliphatic heterocycles. The van der Waals surface area contributed by atoms with Crippen LogP contribution in [0.4, 0.5) is 0 Å². The Morgan fingerprint density at radius 2 is 2.00 bits per heavy atom. The molecule has 0 bridgehead atoms. The summed E-state index contributed by atoms with van der Waals surface area (Å²) in [4.78, 5) is 0. The first-order valence-corrected chi connectivity index (χ1v) is 6.96. The van der Waals surface area contributed by atoms with Crippen LogP contribution in [0.3, 0.4) is 0 Å². The zero-order chi connectivity index (χ0) is 13.0. The minimum Gasteiger partial charge on any atom is -0.347 e. The molecule has 2 heteroatoms. The molecule has 18 heavy (non-hydrogen) atoms. The molecule has 0 aliphatic carbocycles. The second-order valence-corrected chi connectivity index (χ2v) is 5.33. The van der Waals surface area contributed by atoms with Crippen molar-refractivity contribution in [3.05, 3.63) is 36.0 Å². The molecule has 0 radical (unpaired) electrons. The van der Waals surface area contributed by atoms with E-state index in [4.69, 9.17) is 0 Å². The van der Waals surface area contributed by atoms with Crippen LogP contribution in [0.2, 0.25) is 0 Å². The fraction of sp³-hybridized carbons (Fsp3) is 0.500. The lowest BCUT2D eigenvalue weighted by atomic mass is 10.1. The minimum absolute atomic E-state index is 0.597. The van der Waals surface area contributed by atoms with E-state index < -0.39 is 0 Å². The molecule has 0 amide bonds. The van der Waals surface area contributed by atoms with E-state index in [9.17, 15) is 0 Å². The molecule has 1 aromatic carbocycles. The molecule has 1 N–H and O–H groups in total. The van der Waals surface area contributed by atoms with Crippen LogP contribution in [0.1, 0.15) is 32.3 Å². The van der Waals surface area contributed by atoms with E-state index in [1.54, 1.807) is 0 Å². The van der Waals surface area contributed by atoms with Crippen molar-refractivity contribution < 1.29 is 0 Å². The van der Waals surface area contributed by atoms with Gasteiger partial charge in [-0.05, 0) is 44.0 Å². The molecule has 1 aromatic heterocycles. The number of nitrogens with one attached hydrogen (secondary N) is 1. The summed E-state index contributed by atoms with van der Waals surface area (Å²) in [6, 6.07) is 9.37. The summed E-state index contributed by atoms with van der Waals surface area (Å²) in [7, 11) is 0. The lowest BCUT2D eigenvalue weighted by Gasteiger charge is -2.09.